The van der Waals surface area contributed by atoms with Crippen molar-refractivity contribution >= 4 is 23.5 Å². The molecule has 0 unspecified atom stereocenters. The van der Waals surface area contributed by atoms with Crippen LogP contribution in [0.2, 0.25) is 0 Å². The van der Waals surface area contributed by atoms with Gasteiger partial charge >= 0.3 is 6.09 Å². The number of piperidine rings is 1. The number of alkyl halides is 1. The second-order valence-corrected chi connectivity index (χ2v) is 10.8. The minimum atomic E-state index is -1.50. The van der Waals surface area contributed by atoms with Crippen molar-refractivity contribution in [1.29, 1.82) is 5.26 Å². The van der Waals surface area contributed by atoms with E-state index in [1.54, 1.807) is 37.6 Å². The number of hydrogen-bond donors (Lipinski definition) is 2. The monoisotopic (exact) mass is 604 g/mol. The lowest BCUT2D eigenvalue weighted by molar-refractivity contribution is -0.0660. The van der Waals surface area contributed by atoms with E-state index in [1.807, 2.05) is 12.1 Å². The zero-order valence-electron chi connectivity index (χ0n) is 24.2. The fourth-order valence-corrected chi connectivity index (χ4v) is 5.58. The van der Waals surface area contributed by atoms with Crippen LogP contribution in [0.4, 0.5) is 26.6 Å². The maximum Gasteiger partial charge on any atom is 0.407 e. The number of benzene rings is 1. The molecule has 3 saturated heterocycles. The molecular formula is C30H33FN8O5. The van der Waals surface area contributed by atoms with Gasteiger partial charge in [0.25, 0.3) is 0 Å². The minimum Gasteiger partial charge on any atom is -0.486 e. The number of aromatic nitrogens is 3. The maximum atomic E-state index is 14.6. The van der Waals surface area contributed by atoms with Gasteiger partial charge in [-0.25, -0.2) is 19.2 Å². The van der Waals surface area contributed by atoms with Crippen molar-refractivity contribution in [2.75, 3.05) is 69.8 Å². The molecule has 3 aliphatic heterocycles. The van der Waals surface area contributed by atoms with Gasteiger partial charge in [-0.3, -0.25) is 4.90 Å². The fourth-order valence-electron chi connectivity index (χ4n) is 5.58. The SMILES string of the molecule is COc1nc(Nc2nccc(-c3ccc(O[C@H]4CCN(C(=O)O)C[C@H]4F)c(C#N)c3)n2)ccc1N1CCN(C2COC2)CC1. The van der Waals surface area contributed by atoms with Crippen molar-refractivity contribution < 1.29 is 28.5 Å². The van der Waals surface area contributed by atoms with Crippen LogP contribution >= 0.6 is 0 Å². The summed E-state index contributed by atoms with van der Waals surface area (Å²) in [6, 6.07) is 13.1. The zero-order chi connectivity index (χ0) is 30.6. The smallest absolute Gasteiger partial charge is 0.407 e. The predicted octanol–water partition coefficient (Wildman–Crippen LogP) is 3.15. The Labute approximate surface area is 253 Å². The molecule has 0 saturated carbocycles. The van der Waals surface area contributed by atoms with Crippen LogP contribution in [-0.4, -0.2) is 114 Å². The quantitative estimate of drug-likeness (QED) is 0.389. The Morgan fingerprint density at radius 1 is 1.14 bits per heavy atom. The molecule has 1 aromatic carbocycles. The van der Waals surface area contributed by atoms with Crippen molar-refractivity contribution in [3.8, 4) is 29.0 Å². The normalized spacial score (nSPS) is 20.8. The molecule has 3 aliphatic rings. The highest BCUT2D eigenvalue weighted by molar-refractivity contribution is 5.67. The highest BCUT2D eigenvalue weighted by Crippen LogP contribution is 2.31. The van der Waals surface area contributed by atoms with E-state index < -0.39 is 18.4 Å². The molecule has 13 nitrogen and oxygen atoms in total. The van der Waals surface area contributed by atoms with E-state index in [1.165, 1.54) is 0 Å². The van der Waals surface area contributed by atoms with Crippen molar-refractivity contribution in [1.82, 2.24) is 24.8 Å². The summed E-state index contributed by atoms with van der Waals surface area (Å²) in [6.45, 7) is 5.18. The molecule has 0 radical (unpaired) electrons. The van der Waals surface area contributed by atoms with Gasteiger partial charge in [0.1, 0.15) is 29.4 Å². The zero-order valence-corrected chi connectivity index (χ0v) is 24.2. The first-order chi connectivity index (χ1) is 21.4. The number of halogens is 1. The fraction of sp³-hybridized carbons (Fsp3) is 0.433. The largest absolute Gasteiger partial charge is 0.486 e. The van der Waals surface area contributed by atoms with Crippen LogP contribution < -0.4 is 19.7 Å². The van der Waals surface area contributed by atoms with Gasteiger partial charge in [-0.1, -0.05) is 0 Å². The summed E-state index contributed by atoms with van der Waals surface area (Å²) < 4.78 is 31.4. The Morgan fingerprint density at radius 2 is 1.95 bits per heavy atom. The van der Waals surface area contributed by atoms with E-state index in [-0.39, 0.29) is 30.8 Å². The lowest BCUT2D eigenvalue weighted by Crippen LogP contribution is -2.56. The van der Waals surface area contributed by atoms with Gasteiger partial charge in [0.05, 0.1) is 44.2 Å². The number of piperazine rings is 1. The highest BCUT2D eigenvalue weighted by Gasteiger charge is 2.33. The molecule has 14 heteroatoms. The lowest BCUT2D eigenvalue weighted by Gasteiger charge is -2.43. The summed E-state index contributed by atoms with van der Waals surface area (Å²) in [7, 11) is 1.60. The average Bonchev–Trinajstić information content (AvgIpc) is 3.01. The number of ether oxygens (including phenoxy) is 3. The molecular weight excluding hydrogens is 571 g/mol. The summed E-state index contributed by atoms with van der Waals surface area (Å²) >= 11 is 0. The Morgan fingerprint density at radius 3 is 2.64 bits per heavy atom. The number of nitriles is 1. The number of likely N-dealkylation sites (tertiary alicyclic amines) is 1. The Hall–Kier alpha value is -4.74. The van der Waals surface area contributed by atoms with E-state index in [2.05, 4.69) is 36.1 Å². The molecule has 0 aliphatic carbocycles. The van der Waals surface area contributed by atoms with Crippen molar-refractivity contribution in [3.63, 3.8) is 0 Å². The number of carbonyl (C=O) groups is 1. The highest BCUT2D eigenvalue weighted by atomic mass is 19.1. The summed E-state index contributed by atoms with van der Waals surface area (Å²) in [4.78, 5) is 30.5. The van der Waals surface area contributed by atoms with Crippen LogP contribution in [0.5, 0.6) is 11.6 Å². The number of nitrogens with zero attached hydrogens (tertiary/aromatic N) is 7. The number of carboxylic acid groups (broad SMARTS) is 1. The van der Waals surface area contributed by atoms with Crippen LogP contribution in [0.15, 0.2) is 42.6 Å². The van der Waals surface area contributed by atoms with Gasteiger partial charge in [-0.2, -0.15) is 10.2 Å². The van der Waals surface area contributed by atoms with Gasteiger partial charge in [0.2, 0.25) is 11.8 Å². The predicted molar refractivity (Wildman–Crippen MR) is 158 cm³/mol. The number of rotatable bonds is 8. The van der Waals surface area contributed by atoms with Crippen LogP contribution in [0, 0.1) is 11.3 Å². The summed E-state index contributed by atoms with van der Waals surface area (Å²) in [6.07, 6.45) is -1.72. The molecule has 1 amide bonds. The second-order valence-electron chi connectivity index (χ2n) is 10.8. The number of pyridine rings is 1. The first-order valence-corrected chi connectivity index (χ1v) is 14.5. The van der Waals surface area contributed by atoms with Crippen LogP contribution in [0.1, 0.15) is 12.0 Å². The third-order valence-electron chi connectivity index (χ3n) is 8.15. The second kappa shape index (κ2) is 12.9. The van der Waals surface area contributed by atoms with Gasteiger partial charge < -0.3 is 34.4 Å². The summed E-state index contributed by atoms with van der Waals surface area (Å²) in [5, 5.41) is 22.0. The van der Waals surface area contributed by atoms with Gasteiger partial charge in [-0.05, 0) is 36.4 Å². The Bertz CT molecular complexity index is 1540. The van der Waals surface area contributed by atoms with Crippen molar-refractivity contribution in [3.05, 3.63) is 48.2 Å². The molecule has 0 bridgehead atoms. The number of anilines is 3. The van der Waals surface area contributed by atoms with Crippen molar-refractivity contribution in [2.45, 2.75) is 24.7 Å². The Balaban J connectivity index is 1.12. The maximum absolute atomic E-state index is 14.6. The molecule has 230 valence electrons. The average molecular weight is 605 g/mol. The van der Waals surface area contributed by atoms with E-state index in [4.69, 9.17) is 19.3 Å². The van der Waals surface area contributed by atoms with Crippen LogP contribution in [0.25, 0.3) is 11.3 Å². The number of nitrogens with one attached hydrogen (secondary N) is 1. The Kier molecular flexibility index (Phi) is 8.58. The third-order valence-corrected chi connectivity index (χ3v) is 8.15. The molecule has 2 aromatic heterocycles. The summed E-state index contributed by atoms with van der Waals surface area (Å²) in [5.41, 5.74) is 2.34. The standard InChI is InChI=1S/C30H33FN8O5/c1-42-28-24(38-12-10-37(11-13-38)21-17-43-18-21)3-5-27(35-28)36-29-33-8-6-23(34-29)19-2-4-25(20(14-19)15-32)44-26-7-9-39(30(40)41)16-22(26)31/h2-6,8,14,21-22,26H,7,9-13,16-18H2,1H3,(H,40,41)(H,33,34,35,36)/t22-,26+/m1/s1. The molecule has 2 atom stereocenters. The molecule has 6 rings (SSSR count). The third kappa shape index (κ3) is 6.29. The minimum absolute atomic E-state index is 0.161. The van der Waals surface area contributed by atoms with Gasteiger partial charge in [0, 0.05) is 50.9 Å². The first-order valence-electron chi connectivity index (χ1n) is 14.5. The van der Waals surface area contributed by atoms with E-state index in [0.717, 1.165) is 50.0 Å². The summed E-state index contributed by atoms with van der Waals surface area (Å²) in [5.74, 6) is 1.56. The first kappa shape index (κ1) is 29.3. The molecule has 0 spiro atoms. The van der Waals surface area contributed by atoms with Gasteiger partial charge in [0.15, 0.2) is 6.17 Å². The van der Waals surface area contributed by atoms with Gasteiger partial charge in [-0.15, -0.1) is 0 Å². The van der Waals surface area contributed by atoms with Crippen LogP contribution in [-0.2, 0) is 4.74 Å². The van der Waals surface area contributed by atoms with E-state index in [9.17, 15) is 14.4 Å². The number of amides is 1. The molecule has 44 heavy (non-hydrogen) atoms. The number of methoxy groups -OCH3 is 1. The molecule has 5 heterocycles. The van der Waals surface area contributed by atoms with Crippen LogP contribution in [0.3, 0.4) is 0 Å². The van der Waals surface area contributed by atoms with Crippen molar-refractivity contribution in [2.24, 2.45) is 0 Å². The lowest BCUT2D eigenvalue weighted by atomic mass is 10.0. The number of hydrogen-bond acceptors (Lipinski definition) is 11. The molecule has 2 N–H and O–H groups in total. The topological polar surface area (TPSA) is 149 Å². The van der Waals surface area contributed by atoms with E-state index in [0.29, 0.717) is 34.9 Å². The molecule has 3 aromatic rings. The van der Waals surface area contributed by atoms with E-state index >= 15 is 0 Å². The molecule has 3 fully saturated rings.